The number of nitrogens with two attached hydrogens (primary N) is 1. The van der Waals surface area contributed by atoms with Crippen molar-refractivity contribution < 1.29 is 9.00 Å². The van der Waals surface area contributed by atoms with Gasteiger partial charge in [0.1, 0.15) is 5.75 Å². The van der Waals surface area contributed by atoms with Gasteiger partial charge < -0.3 is 11.1 Å². The van der Waals surface area contributed by atoms with Crippen LogP contribution >= 0.6 is 0 Å². The Kier molecular flexibility index (Phi) is 6.05. The van der Waals surface area contributed by atoms with Crippen molar-refractivity contribution in [2.75, 3.05) is 12.3 Å². The summed E-state index contributed by atoms with van der Waals surface area (Å²) in [5.74, 6) is -0.123. The standard InChI is InChI=1S/C10H22N2O2S/c1-5-10(3,4)12-9(13)7-15(14)8(2)6-11/h8H,5-7,11H2,1-4H3,(H,12,13). The van der Waals surface area contributed by atoms with Gasteiger partial charge in [-0.1, -0.05) is 6.92 Å². The topological polar surface area (TPSA) is 72.2 Å². The lowest BCUT2D eigenvalue weighted by Crippen LogP contribution is -2.45. The minimum Gasteiger partial charge on any atom is -0.350 e. The molecule has 0 heterocycles. The molecule has 2 atom stereocenters. The van der Waals surface area contributed by atoms with Crippen LogP contribution in [0.2, 0.25) is 0 Å². The number of carbonyl (C=O) groups is 1. The molecule has 3 N–H and O–H groups in total. The molecule has 4 nitrogen and oxygen atoms in total. The van der Waals surface area contributed by atoms with Crippen LogP contribution in [0.1, 0.15) is 34.1 Å². The van der Waals surface area contributed by atoms with Crippen LogP contribution in [0.5, 0.6) is 0 Å². The summed E-state index contributed by atoms with van der Waals surface area (Å²) in [5, 5.41) is 2.72. The maximum absolute atomic E-state index is 11.5. The number of amides is 1. The maximum atomic E-state index is 11.5. The van der Waals surface area contributed by atoms with Crippen LogP contribution in [-0.2, 0) is 15.6 Å². The third kappa shape index (κ3) is 5.89. The van der Waals surface area contributed by atoms with Gasteiger partial charge in [-0.05, 0) is 27.2 Å². The van der Waals surface area contributed by atoms with Crippen LogP contribution < -0.4 is 11.1 Å². The molecule has 0 aromatic carbocycles. The first-order valence-electron chi connectivity index (χ1n) is 5.20. The molecule has 0 saturated carbocycles. The summed E-state index contributed by atoms with van der Waals surface area (Å²) in [7, 11) is -1.17. The summed E-state index contributed by atoms with van der Waals surface area (Å²) in [6.07, 6.45) is 0.845. The summed E-state index contributed by atoms with van der Waals surface area (Å²) in [4.78, 5) is 11.5. The van der Waals surface area contributed by atoms with E-state index in [2.05, 4.69) is 5.32 Å². The first-order valence-corrected chi connectivity index (χ1v) is 6.59. The highest BCUT2D eigenvalue weighted by molar-refractivity contribution is 7.86. The number of rotatable bonds is 6. The van der Waals surface area contributed by atoms with Gasteiger partial charge in [-0.25, -0.2) is 0 Å². The second-order valence-corrected chi connectivity index (χ2v) is 6.21. The van der Waals surface area contributed by atoms with E-state index in [1.165, 1.54) is 0 Å². The Morgan fingerprint density at radius 3 is 2.47 bits per heavy atom. The Morgan fingerprint density at radius 1 is 1.53 bits per heavy atom. The molecule has 0 spiro atoms. The maximum Gasteiger partial charge on any atom is 0.233 e. The molecule has 15 heavy (non-hydrogen) atoms. The monoisotopic (exact) mass is 234 g/mol. The molecule has 90 valence electrons. The lowest BCUT2D eigenvalue weighted by Gasteiger charge is -2.24. The molecule has 2 unspecified atom stereocenters. The average Bonchev–Trinajstić information content (AvgIpc) is 2.15. The molecule has 0 radical (unpaired) electrons. The Bertz CT molecular complexity index is 242. The minimum atomic E-state index is -1.17. The van der Waals surface area contributed by atoms with Crippen LogP contribution in [0.15, 0.2) is 0 Å². The third-order valence-electron chi connectivity index (χ3n) is 2.42. The largest absolute Gasteiger partial charge is 0.350 e. The lowest BCUT2D eigenvalue weighted by molar-refractivity contribution is -0.120. The highest BCUT2D eigenvalue weighted by Crippen LogP contribution is 2.06. The summed E-state index contributed by atoms with van der Waals surface area (Å²) in [6.45, 7) is 8.02. The van der Waals surface area contributed by atoms with Crippen LogP contribution in [0.4, 0.5) is 0 Å². The van der Waals surface area contributed by atoms with Gasteiger partial charge in [0.2, 0.25) is 5.91 Å². The summed E-state index contributed by atoms with van der Waals surface area (Å²) in [5.41, 5.74) is 5.15. The minimum absolute atomic E-state index is 0.0434. The second-order valence-electron chi connectivity index (χ2n) is 4.36. The molecule has 0 aromatic heterocycles. The van der Waals surface area contributed by atoms with E-state index in [9.17, 15) is 9.00 Å². The predicted molar refractivity (Wildman–Crippen MR) is 64.0 cm³/mol. The fourth-order valence-corrected chi connectivity index (χ4v) is 1.71. The molecule has 1 amide bonds. The molecule has 0 bridgehead atoms. The van der Waals surface area contributed by atoms with E-state index in [0.717, 1.165) is 6.42 Å². The highest BCUT2D eigenvalue weighted by atomic mass is 32.2. The molecular weight excluding hydrogens is 212 g/mol. The van der Waals surface area contributed by atoms with E-state index in [1.807, 2.05) is 20.8 Å². The van der Waals surface area contributed by atoms with Gasteiger partial charge in [0.05, 0.1) is 0 Å². The zero-order chi connectivity index (χ0) is 12.1. The van der Waals surface area contributed by atoms with Gasteiger partial charge in [-0.2, -0.15) is 0 Å². The highest BCUT2D eigenvalue weighted by Gasteiger charge is 2.20. The second kappa shape index (κ2) is 6.23. The van der Waals surface area contributed by atoms with E-state index < -0.39 is 10.8 Å². The fourth-order valence-electron chi connectivity index (χ4n) is 0.881. The van der Waals surface area contributed by atoms with Gasteiger partial charge in [-0.15, -0.1) is 0 Å². The molecule has 0 aliphatic rings. The summed E-state index contributed by atoms with van der Waals surface area (Å²) in [6, 6.07) is 0. The van der Waals surface area contributed by atoms with Gasteiger partial charge in [0.15, 0.2) is 0 Å². The van der Waals surface area contributed by atoms with E-state index in [1.54, 1.807) is 6.92 Å². The molecule has 0 aliphatic heterocycles. The van der Waals surface area contributed by atoms with E-state index in [-0.39, 0.29) is 22.4 Å². The number of nitrogens with one attached hydrogen (secondary N) is 1. The number of hydrogen-bond donors (Lipinski definition) is 2. The smallest absolute Gasteiger partial charge is 0.233 e. The van der Waals surface area contributed by atoms with Crippen molar-refractivity contribution >= 4 is 16.7 Å². The molecular formula is C10H22N2O2S. The Balaban J connectivity index is 4.10. The first kappa shape index (κ1) is 14.6. The Hall–Kier alpha value is -0.420. The van der Waals surface area contributed by atoms with Crippen molar-refractivity contribution in [1.29, 1.82) is 0 Å². The molecule has 5 heteroatoms. The van der Waals surface area contributed by atoms with E-state index in [0.29, 0.717) is 6.54 Å². The molecule has 0 aliphatic carbocycles. The van der Waals surface area contributed by atoms with Gasteiger partial charge >= 0.3 is 0 Å². The van der Waals surface area contributed by atoms with Crippen molar-refractivity contribution in [3.63, 3.8) is 0 Å². The SMILES string of the molecule is CCC(C)(C)NC(=O)CS(=O)C(C)CN. The Morgan fingerprint density at radius 2 is 2.07 bits per heavy atom. The molecule has 0 fully saturated rings. The lowest BCUT2D eigenvalue weighted by atomic mass is 10.0. The molecule has 0 rings (SSSR count). The van der Waals surface area contributed by atoms with Crippen molar-refractivity contribution in [3.05, 3.63) is 0 Å². The van der Waals surface area contributed by atoms with Gasteiger partial charge in [0, 0.05) is 28.1 Å². The van der Waals surface area contributed by atoms with Crippen molar-refractivity contribution in [2.45, 2.75) is 44.9 Å². The number of carbonyl (C=O) groups excluding carboxylic acids is 1. The van der Waals surface area contributed by atoms with Crippen LogP contribution in [0.3, 0.4) is 0 Å². The molecule has 0 aromatic rings. The van der Waals surface area contributed by atoms with Crippen molar-refractivity contribution in [2.24, 2.45) is 5.73 Å². The zero-order valence-corrected chi connectivity index (χ0v) is 10.8. The normalized spacial score (nSPS) is 15.8. The van der Waals surface area contributed by atoms with Crippen molar-refractivity contribution in [3.8, 4) is 0 Å². The zero-order valence-electron chi connectivity index (χ0n) is 10.0. The Labute approximate surface area is 94.4 Å². The first-order chi connectivity index (χ1) is 6.82. The van der Waals surface area contributed by atoms with E-state index >= 15 is 0 Å². The van der Waals surface area contributed by atoms with E-state index in [4.69, 9.17) is 5.73 Å². The van der Waals surface area contributed by atoms with Crippen LogP contribution in [-0.4, -0.2) is 33.2 Å². The molecule has 0 saturated heterocycles. The fraction of sp³-hybridized carbons (Fsp3) is 0.900. The number of hydrogen-bond acceptors (Lipinski definition) is 3. The average molecular weight is 234 g/mol. The quantitative estimate of drug-likeness (QED) is 0.698. The van der Waals surface area contributed by atoms with Crippen LogP contribution in [0.25, 0.3) is 0 Å². The third-order valence-corrected chi connectivity index (χ3v) is 4.05. The summed E-state index contributed by atoms with van der Waals surface area (Å²) < 4.78 is 11.5. The summed E-state index contributed by atoms with van der Waals surface area (Å²) >= 11 is 0. The predicted octanol–water partition coefficient (Wildman–Crippen LogP) is 0.387. The van der Waals surface area contributed by atoms with Gasteiger partial charge in [-0.3, -0.25) is 9.00 Å². The van der Waals surface area contributed by atoms with Gasteiger partial charge in [0.25, 0.3) is 0 Å². The van der Waals surface area contributed by atoms with Crippen LogP contribution in [0, 0.1) is 0 Å². The van der Waals surface area contributed by atoms with Crippen molar-refractivity contribution in [1.82, 2.24) is 5.32 Å².